The predicted octanol–water partition coefficient (Wildman–Crippen LogP) is 0.173. The van der Waals surface area contributed by atoms with Gasteiger partial charge < -0.3 is 11.1 Å². The maximum atomic E-state index is 5.88. The summed E-state index contributed by atoms with van der Waals surface area (Å²) in [7, 11) is 0. The van der Waals surface area contributed by atoms with Gasteiger partial charge in [-0.3, -0.25) is 0 Å². The van der Waals surface area contributed by atoms with Crippen LogP contribution in [0.3, 0.4) is 0 Å². The van der Waals surface area contributed by atoms with Crippen LogP contribution in [-0.4, -0.2) is 32.7 Å². The van der Waals surface area contributed by atoms with Gasteiger partial charge in [-0.15, -0.1) is 0 Å². The van der Waals surface area contributed by atoms with Crippen LogP contribution in [0.1, 0.15) is 24.5 Å². The van der Waals surface area contributed by atoms with E-state index in [2.05, 4.69) is 20.4 Å². The largest absolute Gasteiger partial charge is 0.382 e. The summed E-state index contributed by atoms with van der Waals surface area (Å²) in [6.07, 6.45) is 5.36. The third-order valence-electron chi connectivity index (χ3n) is 3.12. The second-order valence-electron chi connectivity index (χ2n) is 4.09. The van der Waals surface area contributed by atoms with Crippen molar-refractivity contribution < 1.29 is 0 Å². The number of rotatable bonds is 1. The first-order chi connectivity index (χ1) is 7.86. The summed E-state index contributed by atoms with van der Waals surface area (Å²) in [5.41, 5.74) is 7.79. The van der Waals surface area contributed by atoms with Gasteiger partial charge in [0.2, 0.25) is 0 Å². The highest BCUT2D eigenvalue weighted by molar-refractivity contribution is 5.68. The first kappa shape index (κ1) is 9.53. The van der Waals surface area contributed by atoms with E-state index in [0.29, 0.717) is 11.7 Å². The molecule has 0 radical (unpaired) electrons. The SMILES string of the molecule is Nc1ncnn2cnc(C3CCNCC3)c12. The summed E-state index contributed by atoms with van der Waals surface area (Å²) in [5.74, 6) is 0.987. The Morgan fingerprint density at radius 3 is 2.94 bits per heavy atom. The number of piperidine rings is 1. The fourth-order valence-corrected chi connectivity index (χ4v) is 2.29. The molecule has 0 spiro atoms. The quantitative estimate of drug-likeness (QED) is 0.713. The standard InChI is InChI=1S/C10H14N6/c11-10-9-8(7-1-3-12-4-2-7)14-6-16(9)15-5-13-10/h5-7,12H,1-4H2,(H2,11,13,15). The fourth-order valence-electron chi connectivity index (χ4n) is 2.29. The average molecular weight is 218 g/mol. The maximum absolute atomic E-state index is 5.88. The Morgan fingerprint density at radius 2 is 2.12 bits per heavy atom. The second kappa shape index (κ2) is 3.71. The van der Waals surface area contributed by atoms with Crippen LogP contribution in [0.25, 0.3) is 5.52 Å². The predicted molar refractivity (Wildman–Crippen MR) is 60.0 cm³/mol. The molecule has 2 aromatic rings. The highest BCUT2D eigenvalue weighted by Gasteiger charge is 2.21. The van der Waals surface area contributed by atoms with Crippen LogP contribution in [0.2, 0.25) is 0 Å². The molecule has 1 saturated heterocycles. The Hall–Kier alpha value is -1.69. The van der Waals surface area contributed by atoms with E-state index in [1.165, 1.54) is 6.33 Å². The number of nitrogens with one attached hydrogen (secondary N) is 1. The number of nitrogens with zero attached hydrogens (tertiary/aromatic N) is 4. The molecule has 0 saturated carbocycles. The molecule has 2 aromatic heterocycles. The summed E-state index contributed by atoms with van der Waals surface area (Å²) in [6.45, 7) is 2.08. The van der Waals surface area contributed by atoms with Gasteiger partial charge in [0.05, 0.1) is 5.69 Å². The Balaban J connectivity index is 2.09. The molecule has 0 aliphatic carbocycles. The molecule has 1 aliphatic heterocycles. The summed E-state index contributed by atoms with van der Waals surface area (Å²) >= 11 is 0. The average Bonchev–Trinajstić information content (AvgIpc) is 2.75. The van der Waals surface area contributed by atoms with Crippen molar-refractivity contribution in [2.45, 2.75) is 18.8 Å². The molecule has 0 atom stereocenters. The Labute approximate surface area is 92.9 Å². The minimum atomic E-state index is 0.472. The molecule has 16 heavy (non-hydrogen) atoms. The smallest absolute Gasteiger partial charge is 0.153 e. The van der Waals surface area contributed by atoms with Crippen molar-refractivity contribution >= 4 is 11.3 Å². The van der Waals surface area contributed by atoms with Crippen LogP contribution in [0, 0.1) is 0 Å². The van der Waals surface area contributed by atoms with Gasteiger partial charge in [-0.1, -0.05) is 0 Å². The van der Waals surface area contributed by atoms with Gasteiger partial charge in [-0.2, -0.15) is 5.10 Å². The summed E-state index contributed by atoms with van der Waals surface area (Å²) in [6, 6.07) is 0. The van der Waals surface area contributed by atoms with Gasteiger partial charge in [0, 0.05) is 5.92 Å². The van der Waals surface area contributed by atoms with Crippen molar-refractivity contribution in [3.8, 4) is 0 Å². The van der Waals surface area contributed by atoms with E-state index in [-0.39, 0.29) is 0 Å². The highest BCUT2D eigenvalue weighted by Crippen LogP contribution is 2.28. The second-order valence-corrected chi connectivity index (χ2v) is 4.09. The van der Waals surface area contributed by atoms with E-state index < -0.39 is 0 Å². The Bertz CT molecular complexity index is 499. The molecule has 3 heterocycles. The van der Waals surface area contributed by atoms with E-state index in [1.807, 2.05) is 0 Å². The molecule has 0 aromatic carbocycles. The first-order valence-corrected chi connectivity index (χ1v) is 5.50. The summed E-state index contributed by atoms with van der Waals surface area (Å²) in [4.78, 5) is 8.46. The van der Waals surface area contributed by atoms with Crippen molar-refractivity contribution in [2.24, 2.45) is 0 Å². The molecule has 6 nitrogen and oxygen atoms in total. The summed E-state index contributed by atoms with van der Waals surface area (Å²) < 4.78 is 1.71. The van der Waals surface area contributed by atoms with E-state index in [9.17, 15) is 0 Å². The molecule has 1 aliphatic rings. The van der Waals surface area contributed by atoms with Gasteiger partial charge in [0.1, 0.15) is 18.2 Å². The van der Waals surface area contributed by atoms with Crippen molar-refractivity contribution in [3.05, 3.63) is 18.3 Å². The van der Waals surface area contributed by atoms with Crippen molar-refractivity contribution in [1.29, 1.82) is 0 Å². The van der Waals surface area contributed by atoms with Crippen molar-refractivity contribution in [2.75, 3.05) is 18.8 Å². The van der Waals surface area contributed by atoms with Crippen LogP contribution >= 0.6 is 0 Å². The number of hydrogen-bond acceptors (Lipinski definition) is 5. The number of hydrogen-bond donors (Lipinski definition) is 2. The van der Waals surface area contributed by atoms with Gasteiger partial charge >= 0.3 is 0 Å². The number of fused-ring (bicyclic) bond motifs is 1. The van der Waals surface area contributed by atoms with E-state index >= 15 is 0 Å². The van der Waals surface area contributed by atoms with Gasteiger partial charge in [-0.05, 0) is 25.9 Å². The van der Waals surface area contributed by atoms with Gasteiger partial charge in [0.25, 0.3) is 0 Å². The van der Waals surface area contributed by atoms with Crippen LogP contribution in [0.15, 0.2) is 12.7 Å². The molecule has 0 unspecified atom stereocenters. The zero-order valence-corrected chi connectivity index (χ0v) is 8.93. The van der Waals surface area contributed by atoms with E-state index in [1.54, 1.807) is 10.8 Å². The normalized spacial score (nSPS) is 18.0. The zero-order valence-electron chi connectivity index (χ0n) is 8.93. The lowest BCUT2D eigenvalue weighted by Crippen LogP contribution is -2.27. The third kappa shape index (κ3) is 1.42. The maximum Gasteiger partial charge on any atom is 0.153 e. The molecule has 0 amide bonds. The lowest BCUT2D eigenvalue weighted by Gasteiger charge is -2.21. The number of nitrogen functional groups attached to an aromatic ring is 1. The zero-order chi connectivity index (χ0) is 11.0. The monoisotopic (exact) mass is 218 g/mol. The van der Waals surface area contributed by atoms with Crippen LogP contribution in [-0.2, 0) is 0 Å². The lowest BCUT2D eigenvalue weighted by atomic mass is 9.94. The highest BCUT2D eigenvalue weighted by atomic mass is 15.3. The Morgan fingerprint density at radius 1 is 1.31 bits per heavy atom. The minimum Gasteiger partial charge on any atom is -0.382 e. The van der Waals surface area contributed by atoms with Gasteiger partial charge in [-0.25, -0.2) is 14.5 Å². The van der Waals surface area contributed by atoms with Gasteiger partial charge in [0.15, 0.2) is 5.82 Å². The van der Waals surface area contributed by atoms with E-state index in [4.69, 9.17) is 5.73 Å². The first-order valence-electron chi connectivity index (χ1n) is 5.50. The third-order valence-corrected chi connectivity index (χ3v) is 3.12. The molecule has 3 N–H and O–H groups in total. The molecule has 0 bridgehead atoms. The fraction of sp³-hybridized carbons (Fsp3) is 0.500. The van der Waals surface area contributed by atoms with Crippen molar-refractivity contribution in [3.63, 3.8) is 0 Å². The molecular weight excluding hydrogens is 204 g/mol. The van der Waals surface area contributed by atoms with E-state index in [0.717, 1.165) is 37.1 Å². The number of nitrogens with two attached hydrogens (primary N) is 1. The molecule has 84 valence electrons. The minimum absolute atomic E-state index is 0.472. The number of imidazole rings is 1. The van der Waals surface area contributed by atoms with Crippen LogP contribution in [0.5, 0.6) is 0 Å². The van der Waals surface area contributed by atoms with Crippen molar-refractivity contribution in [1.82, 2.24) is 24.9 Å². The topological polar surface area (TPSA) is 81.1 Å². The molecule has 3 rings (SSSR count). The number of aromatic nitrogens is 4. The van der Waals surface area contributed by atoms with Crippen LogP contribution in [0.4, 0.5) is 5.82 Å². The molecule has 6 heteroatoms. The molecule has 1 fully saturated rings. The summed E-state index contributed by atoms with van der Waals surface area (Å²) in [5, 5.41) is 7.45. The number of anilines is 1. The lowest BCUT2D eigenvalue weighted by molar-refractivity contribution is 0.456. The van der Waals surface area contributed by atoms with Crippen LogP contribution < -0.4 is 11.1 Å². The Kier molecular flexibility index (Phi) is 2.21. The molecular formula is C10H14N6.